The summed E-state index contributed by atoms with van der Waals surface area (Å²) < 4.78 is 11.2. The van der Waals surface area contributed by atoms with Gasteiger partial charge in [0.05, 0.1) is 11.1 Å². The van der Waals surface area contributed by atoms with Crippen LogP contribution in [0.25, 0.3) is 0 Å². The van der Waals surface area contributed by atoms with E-state index < -0.39 is 46.1 Å². The number of non-ortho nitro benzene ring substituents is 1. The fourth-order valence-electron chi connectivity index (χ4n) is 5.34. The second kappa shape index (κ2) is 7.21. The number of ketones is 1. The van der Waals surface area contributed by atoms with E-state index in [9.17, 15) is 24.5 Å². The Morgan fingerprint density at radius 1 is 1.06 bits per heavy atom. The molecule has 0 N–H and O–H groups in total. The molecule has 0 saturated carbocycles. The van der Waals surface area contributed by atoms with Crippen molar-refractivity contribution in [1.82, 2.24) is 5.01 Å². The van der Waals surface area contributed by atoms with Gasteiger partial charge >= 0.3 is 11.9 Å². The van der Waals surface area contributed by atoms with Crippen molar-refractivity contribution >= 4 is 29.6 Å². The predicted octanol–water partition coefficient (Wildman–Crippen LogP) is 2.86. The van der Waals surface area contributed by atoms with Gasteiger partial charge in [-0.1, -0.05) is 36.4 Å². The second-order valence-corrected chi connectivity index (χ2v) is 9.09. The van der Waals surface area contributed by atoms with Crippen LogP contribution in [0.1, 0.15) is 49.4 Å². The first-order valence-corrected chi connectivity index (χ1v) is 10.7. The smallest absolute Gasteiger partial charge is 0.330 e. The van der Waals surface area contributed by atoms with Crippen LogP contribution in [-0.4, -0.2) is 45.7 Å². The Kier molecular flexibility index (Phi) is 4.61. The summed E-state index contributed by atoms with van der Waals surface area (Å²) in [5.74, 6) is -4.54. The van der Waals surface area contributed by atoms with Gasteiger partial charge in [-0.3, -0.25) is 29.5 Å². The molecular formula is C24H21N3O7. The molecule has 2 aromatic rings. The minimum Gasteiger partial charge on any atom is -0.422 e. The molecule has 0 radical (unpaired) electrons. The Bertz CT molecular complexity index is 1250. The van der Waals surface area contributed by atoms with Gasteiger partial charge in [0, 0.05) is 31.9 Å². The Hall–Kier alpha value is -4.08. The lowest BCUT2D eigenvalue weighted by molar-refractivity contribution is -0.384. The van der Waals surface area contributed by atoms with Crippen molar-refractivity contribution in [2.75, 3.05) is 0 Å². The zero-order valence-corrected chi connectivity index (χ0v) is 18.6. The average molecular weight is 463 g/mol. The number of Topliss-reactive ketones (excluding diaryl/α,β-unsaturated/α-hetero) is 1. The molecule has 2 aromatic carbocycles. The number of rotatable bonds is 3. The van der Waals surface area contributed by atoms with E-state index in [-0.39, 0.29) is 11.5 Å². The topological polar surface area (TPSA) is 128 Å². The summed E-state index contributed by atoms with van der Waals surface area (Å²) >= 11 is 0. The summed E-state index contributed by atoms with van der Waals surface area (Å²) in [5.41, 5.74) is -0.412. The van der Waals surface area contributed by atoms with Crippen LogP contribution >= 0.6 is 0 Å². The molecule has 0 bridgehead atoms. The number of cyclic esters (lactones) is 2. The number of esters is 2. The first-order valence-electron chi connectivity index (χ1n) is 10.7. The Morgan fingerprint density at radius 2 is 1.68 bits per heavy atom. The van der Waals surface area contributed by atoms with Crippen molar-refractivity contribution in [2.45, 2.75) is 44.6 Å². The zero-order chi connectivity index (χ0) is 24.4. The van der Waals surface area contributed by atoms with Crippen LogP contribution in [0.3, 0.4) is 0 Å². The van der Waals surface area contributed by atoms with E-state index in [1.54, 1.807) is 30.5 Å². The molecule has 1 spiro atoms. The molecule has 2 fully saturated rings. The molecule has 2 saturated heterocycles. The molecule has 0 aromatic heterocycles. The first-order chi connectivity index (χ1) is 16.1. The van der Waals surface area contributed by atoms with Crippen LogP contribution < -0.4 is 0 Å². The third-order valence-electron chi connectivity index (χ3n) is 6.64. The quantitative estimate of drug-likeness (QED) is 0.294. The zero-order valence-electron chi connectivity index (χ0n) is 18.6. The van der Waals surface area contributed by atoms with Gasteiger partial charge in [-0.2, -0.15) is 5.10 Å². The number of benzene rings is 2. The highest BCUT2D eigenvalue weighted by molar-refractivity contribution is 6.07. The van der Waals surface area contributed by atoms with E-state index in [4.69, 9.17) is 9.47 Å². The van der Waals surface area contributed by atoms with Crippen LogP contribution in [0.15, 0.2) is 53.6 Å². The molecule has 3 atom stereocenters. The number of ether oxygens (including phenoxy) is 2. The number of hydrogen-bond acceptors (Lipinski definition) is 9. The fraction of sp³-hybridized carbons (Fsp3) is 0.333. The number of carbonyl (C=O) groups excluding carboxylic acids is 3. The van der Waals surface area contributed by atoms with Gasteiger partial charge in [-0.15, -0.1) is 0 Å². The van der Waals surface area contributed by atoms with E-state index in [0.717, 1.165) is 0 Å². The molecule has 0 aliphatic carbocycles. The van der Waals surface area contributed by atoms with Gasteiger partial charge in [0.1, 0.15) is 12.1 Å². The number of nitrogens with zero attached hydrogens (tertiary/aromatic N) is 3. The normalized spacial score (nSPS) is 25.9. The molecule has 3 aliphatic heterocycles. The first kappa shape index (κ1) is 21.7. The lowest BCUT2D eigenvalue weighted by Crippen LogP contribution is -2.58. The average Bonchev–Trinajstić information content (AvgIpc) is 3.10. The minimum atomic E-state index is -1.96. The number of fused-ring (bicyclic) bond motifs is 4. The number of nitro benzene ring substituents is 1. The molecule has 5 rings (SSSR count). The molecule has 174 valence electrons. The van der Waals surface area contributed by atoms with Crippen molar-refractivity contribution in [3.8, 4) is 0 Å². The molecule has 3 heterocycles. The fourth-order valence-corrected chi connectivity index (χ4v) is 5.34. The number of carbonyl (C=O) groups is 3. The van der Waals surface area contributed by atoms with Crippen molar-refractivity contribution in [2.24, 2.45) is 10.5 Å². The van der Waals surface area contributed by atoms with E-state index >= 15 is 0 Å². The van der Waals surface area contributed by atoms with Gasteiger partial charge in [0.25, 0.3) is 11.5 Å². The van der Waals surface area contributed by atoms with Crippen molar-refractivity contribution < 1.29 is 28.8 Å². The molecule has 10 nitrogen and oxygen atoms in total. The Balaban J connectivity index is 1.80. The third-order valence-corrected chi connectivity index (χ3v) is 6.64. The maximum absolute atomic E-state index is 13.8. The lowest BCUT2D eigenvalue weighted by atomic mass is 9.65. The van der Waals surface area contributed by atoms with Crippen LogP contribution in [0.2, 0.25) is 0 Å². The SMILES string of the molecule is CC(=O)[C@@H]1[C@H](c2ccc([N+](=O)[O-])cc2)C2(C(=O)OC(C)(C)OC2=O)[C@H]2c3ccccc3C=NN12. The standard InChI is InChI=1S/C24H21N3O7/c1-13(28)19-18(14-8-10-16(11-9-14)27(31)32)24(21(29)33-23(2,3)34-22(24)30)20-17-7-5-4-6-15(17)12-25-26(19)20/h4-12,18-20H,1-3H3/t18-,19+,20+/m0/s1. The van der Waals surface area contributed by atoms with Gasteiger partial charge < -0.3 is 9.47 Å². The molecular weight excluding hydrogens is 442 g/mol. The highest BCUT2D eigenvalue weighted by atomic mass is 16.7. The summed E-state index contributed by atoms with van der Waals surface area (Å²) in [7, 11) is 0. The highest BCUT2D eigenvalue weighted by Crippen LogP contribution is 2.62. The highest BCUT2D eigenvalue weighted by Gasteiger charge is 2.74. The summed E-state index contributed by atoms with van der Waals surface area (Å²) in [6, 6.07) is 10.6. The van der Waals surface area contributed by atoms with E-state index in [2.05, 4.69) is 5.10 Å². The van der Waals surface area contributed by atoms with Gasteiger partial charge in [-0.05, 0) is 23.6 Å². The van der Waals surface area contributed by atoms with Crippen molar-refractivity contribution in [3.05, 3.63) is 75.3 Å². The predicted molar refractivity (Wildman–Crippen MR) is 118 cm³/mol. The number of nitro groups is 1. The van der Waals surface area contributed by atoms with Gasteiger partial charge in [-0.25, -0.2) is 0 Å². The lowest BCUT2D eigenvalue weighted by Gasteiger charge is -2.44. The van der Waals surface area contributed by atoms with Crippen LogP contribution in [0.4, 0.5) is 5.69 Å². The monoisotopic (exact) mass is 463 g/mol. The maximum Gasteiger partial charge on any atom is 0.330 e. The van der Waals surface area contributed by atoms with Crippen LogP contribution in [0.5, 0.6) is 0 Å². The Labute approximate surface area is 194 Å². The second-order valence-electron chi connectivity index (χ2n) is 9.09. The van der Waals surface area contributed by atoms with E-state index in [0.29, 0.717) is 16.7 Å². The van der Waals surface area contributed by atoms with Crippen molar-refractivity contribution in [1.29, 1.82) is 0 Å². The summed E-state index contributed by atoms with van der Waals surface area (Å²) in [5, 5.41) is 17.1. The maximum atomic E-state index is 13.8. The van der Waals surface area contributed by atoms with Gasteiger partial charge in [0.2, 0.25) is 5.41 Å². The van der Waals surface area contributed by atoms with Crippen LogP contribution in [0, 0.1) is 15.5 Å². The van der Waals surface area contributed by atoms with Crippen molar-refractivity contribution in [3.63, 3.8) is 0 Å². The minimum absolute atomic E-state index is 0.161. The molecule has 0 amide bonds. The summed E-state index contributed by atoms with van der Waals surface area (Å²) in [6.07, 6.45) is 1.58. The number of hydrazone groups is 1. The van der Waals surface area contributed by atoms with E-state index in [1.165, 1.54) is 50.0 Å². The molecule has 10 heteroatoms. The third kappa shape index (κ3) is 2.87. The summed E-state index contributed by atoms with van der Waals surface area (Å²) in [4.78, 5) is 51.3. The molecule has 3 aliphatic rings. The number of hydrogen-bond donors (Lipinski definition) is 0. The molecule has 34 heavy (non-hydrogen) atoms. The summed E-state index contributed by atoms with van der Waals surface area (Å²) in [6.45, 7) is 4.27. The van der Waals surface area contributed by atoms with Crippen LogP contribution in [-0.2, 0) is 23.9 Å². The van der Waals surface area contributed by atoms with E-state index in [1.807, 2.05) is 0 Å². The largest absolute Gasteiger partial charge is 0.422 e. The van der Waals surface area contributed by atoms with Gasteiger partial charge in [0.15, 0.2) is 5.78 Å². The molecule has 0 unspecified atom stereocenters. The Morgan fingerprint density at radius 3 is 2.26 bits per heavy atom.